The maximum absolute atomic E-state index is 12.7. The molecule has 0 saturated carbocycles. The van der Waals surface area contributed by atoms with Crippen molar-refractivity contribution in [1.82, 2.24) is 9.97 Å². The lowest BCUT2D eigenvalue weighted by atomic mass is 10.3. The van der Waals surface area contributed by atoms with Gasteiger partial charge in [-0.1, -0.05) is 23.2 Å². The van der Waals surface area contributed by atoms with E-state index in [-0.39, 0.29) is 33.4 Å². The van der Waals surface area contributed by atoms with E-state index in [1.54, 1.807) is 0 Å². The Morgan fingerprint density at radius 2 is 1.79 bits per heavy atom. The third-order valence-electron chi connectivity index (χ3n) is 4.13. The molecule has 9 nitrogen and oxygen atoms in total. The minimum Gasteiger partial charge on any atom is -0.481 e. The number of amides is 1. The fourth-order valence-electron chi connectivity index (χ4n) is 2.50. The highest BCUT2D eigenvalue weighted by molar-refractivity contribution is 6.31. The van der Waals surface area contributed by atoms with Crippen LogP contribution in [0.4, 0.5) is 24.7 Å². The summed E-state index contributed by atoms with van der Waals surface area (Å²) in [5.74, 6) is -0.861. The van der Waals surface area contributed by atoms with Crippen LogP contribution < -0.4 is 14.8 Å². The number of carbonyl (C=O) groups is 1. The lowest BCUT2D eigenvalue weighted by Gasteiger charge is -2.15. The zero-order valence-corrected chi connectivity index (χ0v) is 18.5. The Morgan fingerprint density at radius 1 is 1.15 bits per heavy atom. The minimum atomic E-state index is -4.59. The summed E-state index contributed by atoms with van der Waals surface area (Å²) in [7, 11) is 0. The Morgan fingerprint density at radius 3 is 2.38 bits per heavy atom. The summed E-state index contributed by atoms with van der Waals surface area (Å²) < 4.78 is 49.0. The molecule has 0 aliphatic rings. The minimum absolute atomic E-state index is 0.0484. The largest absolute Gasteiger partial charge is 0.481 e. The molecule has 0 aliphatic heterocycles. The number of aromatic nitrogens is 2. The lowest BCUT2D eigenvalue weighted by molar-refractivity contribution is -0.384. The first-order chi connectivity index (χ1) is 15.9. The molecule has 1 atom stereocenters. The van der Waals surface area contributed by atoms with Gasteiger partial charge in [-0.25, -0.2) is 9.97 Å². The molecule has 3 rings (SSSR count). The molecule has 1 aromatic carbocycles. The van der Waals surface area contributed by atoms with E-state index in [1.165, 1.54) is 37.3 Å². The van der Waals surface area contributed by atoms with E-state index in [0.717, 1.165) is 6.07 Å². The van der Waals surface area contributed by atoms with Gasteiger partial charge in [0.2, 0.25) is 11.7 Å². The van der Waals surface area contributed by atoms with Gasteiger partial charge >= 0.3 is 11.9 Å². The summed E-state index contributed by atoms with van der Waals surface area (Å²) in [6.45, 7) is 1.40. The Kier molecular flexibility index (Phi) is 7.42. The summed E-state index contributed by atoms with van der Waals surface area (Å²) in [6, 6.07) is 8.70. The first-order valence-electron chi connectivity index (χ1n) is 9.23. The third-order valence-corrected chi connectivity index (χ3v) is 4.61. The van der Waals surface area contributed by atoms with E-state index in [0.29, 0.717) is 12.3 Å². The standard InChI is InChI=1S/C20H13Cl2F3N4O5/c1-10(18(30)28-17-15(29(31)32)6-7-16(22)27-17)33-12-2-4-13(5-3-12)34-19-14(21)8-11(9-26-19)20(23,24)25/h2-10H,1H3,(H,27,28,30). The van der Waals surface area contributed by atoms with Crippen molar-refractivity contribution in [2.75, 3.05) is 5.32 Å². The fraction of sp³-hybridized carbons (Fsp3) is 0.150. The first-order valence-corrected chi connectivity index (χ1v) is 9.98. The average molecular weight is 517 g/mol. The van der Waals surface area contributed by atoms with Gasteiger partial charge in [0.15, 0.2) is 6.10 Å². The van der Waals surface area contributed by atoms with E-state index in [4.69, 9.17) is 32.7 Å². The van der Waals surface area contributed by atoms with Gasteiger partial charge in [0.05, 0.1) is 10.5 Å². The molecule has 2 heterocycles. The highest BCUT2D eigenvalue weighted by atomic mass is 35.5. The van der Waals surface area contributed by atoms with Gasteiger partial charge in [0, 0.05) is 12.3 Å². The van der Waals surface area contributed by atoms with Gasteiger partial charge in [-0.2, -0.15) is 13.2 Å². The number of nitrogens with one attached hydrogen (secondary N) is 1. The summed E-state index contributed by atoms with van der Waals surface area (Å²) in [4.78, 5) is 30.1. The second-order valence-electron chi connectivity index (χ2n) is 6.59. The van der Waals surface area contributed by atoms with Gasteiger partial charge in [-0.15, -0.1) is 0 Å². The van der Waals surface area contributed by atoms with Crippen molar-refractivity contribution in [2.45, 2.75) is 19.2 Å². The number of nitrogens with zero attached hydrogens (tertiary/aromatic N) is 3. The number of rotatable bonds is 7. The van der Waals surface area contributed by atoms with Gasteiger partial charge in [0.25, 0.3) is 5.91 Å². The molecule has 1 amide bonds. The molecule has 0 radical (unpaired) electrons. The Hall–Kier alpha value is -3.64. The van der Waals surface area contributed by atoms with E-state index in [9.17, 15) is 28.1 Å². The van der Waals surface area contributed by atoms with Gasteiger partial charge in [-0.05, 0) is 43.3 Å². The van der Waals surface area contributed by atoms with Crippen LogP contribution >= 0.6 is 23.2 Å². The highest BCUT2D eigenvalue weighted by Crippen LogP contribution is 2.35. The summed E-state index contributed by atoms with van der Waals surface area (Å²) >= 11 is 11.5. The molecule has 0 saturated heterocycles. The van der Waals surface area contributed by atoms with E-state index in [1.807, 2.05) is 0 Å². The van der Waals surface area contributed by atoms with E-state index < -0.39 is 34.4 Å². The quantitative estimate of drug-likeness (QED) is 0.235. The number of alkyl halides is 3. The number of anilines is 1. The molecule has 2 aromatic heterocycles. The molecule has 14 heteroatoms. The van der Waals surface area contributed by atoms with E-state index in [2.05, 4.69) is 15.3 Å². The van der Waals surface area contributed by atoms with Crippen molar-refractivity contribution in [3.8, 4) is 17.4 Å². The predicted octanol–water partition coefficient (Wildman–Crippen LogP) is 5.91. The van der Waals surface area contributed by atoms with Crippen LogP contribution in [0.1, 0.15) is 12.5 Å². The van der Waals surface area contributed by atoms with Crippen LogP contribution in [-0.2, 0) is 11.0 Å². The van der Waals surface area contributed by atoms with Crippen LogP contribution in [0.2, 0.25) is 10.2 Å². The van der Waals surface area contributed by atoms with Gasteiger partial charge < -0.3 is 14.8 Å². The van der Waals surface area contributed by atoms with Crippen molar-refractivity contribution >= 4 is 40.6 Å². The molecule has 3 aromatic rings. The van der Waals surface area contributed by atoms with Crippen LogP contribution in [0.3, 0.4) is 0 Å². The molecule has 0 fully saturated rings. The number of carbonyl (C=O) groups excluding carboxylic acids is 1. The average Bonchev–Trinajstić information content (AvgIpc) is 2.75. The second kappa shape index (κ2) is 10.1. The number of halogens is 5. The van der Waals surface area contributed by atoms with Gasteiger partial charge in [-0.3, -0.25) is 14.9 Å². The fourth-order valence-corrected chi connectivity index (χ4v) is 2.85. The number of ether oxygens (including phenoxy) is 2. The summed E-state index contributed by atoms with van der Waals surface area (Å²) in [5, 5.41) is 13.0. The molecule has 0 bridgehead atoms. The normalized spacial score (nSPS) is 12.1. The molecule has 0 aliphatic carbocycles. The molecule has 178 valence electrons. The molecule has 1 N–H and O–H groups in total. The SMILES string of the molecule is CC(Oc1ccc(Oc2ncc(C(F)(F)F)cc2Cl)cc1)C(=O)Nc1nc(Cl)ccc1[N+](=O)[O-]. The maximum Gasteiger partial charge on any atom is 0.417 e. The van der Waals surface area contributed by atoms with Crippen LogP contribution in [-0.4, -0.2) is 26.9 Å². The third kappa shape index (κ3) is 6.23. The van der Waals surface area contributed by atoms with Crippen LogP contribution in [0.25, 0.3) is 0 Å². The monoisotopic (exact) mass is 516 g/mol. The van der Waals surface area contributed by atoms with Crippen LogP contribution in [0.15, 0.2) is 48.7 Å². The Labute approximate surface area is 199 Å². The van der Waals surface area contributed by atoms with Crippen molar-refractivity contribution < 1.29 is 32.4 Å². The molecular weight excluding hydrogens is 504 g/mol. The van der Waals surface area contributed by atoms with Gasteiger partial charge in [0.1, 0.15) is 21.7 Å². The smallest absolute Gasteiger partial charge is 0.417 e. The van der Waals surface area contributed by atoms with Crippen molar-refractivity contribution in [3.05, 3.63) is 74.5 Å². The maximum atomic E-state index is 12.7. The Bertz CT molecular complexity index is 1230. The number of hydrogen-bond donors (Lipinski definition) is 1. The lowest BCUT2D eigenvalue weighted by Crippen LogP contribution is -2.30. The molecular formula is C20H13Cl2F3N4O5. The van der Waals surface area contributed by atoms with Crippen LogP contribution in [0, 0.1) is 10.1 Å². The molecule has 0 spiro atoms. The Balaban J connectivity index is 1.64. The predicted molar refractivity (Wildman–Crippen MR) is 115 cm³/mol. The summed E-state index contributed by atoms with van der Waals surface area (Å²) in [5.41, 5.74) is -1.46. The zero-order valence-electron chi connectivity index (χ0n) is 17.0. The number of nitro groups is 1. The second-order valence-corrected chi connectivity index (χ2v) is 7.38. The van der Waals surface area contributed by atoms with E-state index >= 15 is 0 Å². The highest BCUT2D eigenvalue weighted by Gasteiger charge is 2.32. The van der Waals surface area contributed by atoms with Crippen molar-refractivity contribution in [1.29, 1.82) is 0 Å². The zero-order chi connectivity index (χ0) is 25.0. The van der Waals surface area contributed by atoms with Crippen LogP contribution in [0.5, 0.6) is 17.4 Å². The first kappa shape index (κ1) is 25.0. The van der Waals surface area contributed by atoms with Crippen molar-refractivity contribution in [3.63, 3.8) is 0 Å². The molecule has 34 heavy (non-hydrogen) atoms. The summed E-state index contributed by atoms with van der Waals surface area (Å²) in [6.07, 6.45) is -5.08. The number of benzene rings is 1. The van der Waals surface area contributed by atoms with Crippen molar-refractivity contribution in [2.24, 2.45) is 0 Å². The topological polar surface area (TPSA) is 116 Å². The molecule has 1 unspecified atom stereocenters. The number of hydrogen-bond acceptors (Lipinski definition) is 7. The number of pyridine rings is 2.